The summed E-state index contributed by atoms with van der Waals surface area (Å²) in [5.74, 6) is 0.853. The quantitative estimate of drug-likeness (QED) is 0.768. The van der Waals surface area contributed by atoms with Crippen LogP contribution in [0.3, 0.4) is 0 Å². The molecule has 0 amide bonds. The van der Waals surface area contributed by atoms with Crippen molar-refractivity contribution in [2.45, 2.75) is 32.7 Å². The smallest absolute Gasteiger partial charge is 0.200 e. The fourth-order valence-corrected chi connectivity index (χ4v) is 1.93. The molecular formula is C15H22O3. The second kappa shape index (κ2) is 6.57. The highest BCUT2D eigenvalue weighted by atomic mass is 16.7. The van der Waals surface area contributed by atoms with Crippen LogP contribution in [-0.4, -0.2) is 26.1 Å². The highest BCUT2D eigenvalue weighted by molar-refractivity contribution is 5.60. The monoisotopic (exact) mass is 250 g/mol. The van der Waals surface area contributed by atoms with Gasteiger partial charge in [0, 0.05) is 19.8 Å². The van der Waals surface area contributed by atoms with Crippen LogP contribution in [0.4, 0.5) is 0 Å². The largest absolute Gasteiger partial charge is 0.478 e. The molecule has 2 rings (SSSR count). The molecule has 0 radical (unpaired) electrons. The minimum absolute atomic E-state index is 0.419. The molecule has 0 bridgehead atoms. The number of hydrogen-bond acceptors (Lipinski definition) is 3. The molecule has 0 N–H and O–H groups in total. The van der Waals surface area contributed by atoms with Crippen LogP contribution < -0.4 is 4.74 Å². The van der Waals surface area contributed by atoms with Crippen molar-refractivity contribution in [1.29, 1.82) is 0 Å². The van der Waals surface area contributed by atoms with Crippen molar-refractivity contribution in [2.75, 3.05) is 14.2 Å². The molecule has 3 heteroatoms. The summed E-state index contributed by atoms with van der Waals surface area (Å²) < 4.78 is 16.4. The fourth-order valence-electron chi connectivity index (χ4n) is 1.93. The van der Waals surface area contributed by atoms with E-state index >= 15 is 0 Å². The number of ether oxygens (including phenoxy) is 3. The van der Waals surface area contributed by atoms with E-state index in [1.165, 1.54) is 0 Å². The van der Waals surface area contributed by atoms with E-state index in [0.717, 1.165) is 11.3 Å². The Balaban J connectivity index is 0.000000771. The standard InChI is InChI=1S/C13H16O3.C2H6/c1-13(12(14-2)15-3)9-8-10-6-4-5-7-11(10)16-13;1-2/h4-9,12H,1-3H3;1-2H3/t13-;/m0./s1. The molecule has 0 aromatic heterocycles. The van der Waals surface area contributed by atoms with E-state index in [-0.39, 0.29) is 0 Å². The lowest BCUT2D eigenvalue weighted by atomic mass is 9.99. The Morgan fingerprint density at radius 3 is 2.33 bits per heavy atom. The Labute approximate surface area is 109 Å². The van der Waals surface area contributed by atoms with Gasteiger partial charge >= 0.3 is 0 Å². The van der Waals surface area contributed by atoms with E-state index in [1.54, 1.807) is 14.2 Å². The van der Waals surface area contributed by atoms with E-state index in [4.69, 9.17) is 14.2 Å². The molecule has 0 fully saturated rings. The Bertz CT molecular complexity index is 396. The molecule has 1 aromatic rings. The second-order valence-corrected chi connectivity index (χ2v) is 3.96. The third-order valence-corrected chi connectivity index (χ3v) is 2.74. The minimum Gasteiger partial charge on any atom is -0.478 e. The summed E-state index contributed by atoms with van der Waals surface area (Å²) in [6, 6.07) is 7.89. The Morgan fingerprint density at radius 2 is 1.72 bits per heavy atom. The summed E-state index contributed by atoms with van der Waals surface area (Å²) >= 11 is 0. The predicted molar refractivity (Wildman–Crippen MR) is 73.7 cm³/mol. The van der Waals surface area contributed by atoms with Crippen molar-refractivity contribution in [3.8, 4) is 5.75 Å². The predicted octanol–water partition coefficient (Wildman–Crippen LogP) is 3.50. The van der Waals surface area contributed by atoms with Gasteiger partial charge in [0.1, 0.15) is 5.75 Å². The van der Waals surface area contributed by atoms with Crippen LogP contribution in [0.25, 0.3) is 6.08 Å². The van der Waals surface area contributed by atoms with E-state index in [0.29, 0.717) is 0 Å². The molecule has 0 saturated carbocycles. The zero-order valence-electron chi connectivity index (χ0n) is 11.8. The molecule has 18 heavy (non-hydrogen) atoms. The molecule has 0 saturated heterocycles. The van der Waals surface area contributed by atoms with Crippen molar-refractivity contribution >= 4 is 6.08 Å². The first-order valence-electron chi connectivity index (χ1n) is 6.22. The lowest BCUT2D eigenvalue weighted by Crippen LogP contribution is -2.46. The zero-order chi connectivity index (χ0) is 13.6. The topological polar surface area (TPSA) is 27.7 Å². The van der Waals surface area contributed by atoms with Gasteiger partial charge in [-0.05, 0) is 19.1 Å². The van der Waals surface area contributed by atoms with Crippen LogP contribution in [0, 0.1) is 0 Å². The molecular weight excluding hydrogens is 228 g/mol. The summed E-state index contributed by atoms with van der Waals surface area (Å²) in [5.41, 5.74) is 0.489. The fraction of sp³-hybridized carbons (Fsp3) is 0.467. The third kappa shape index (κ3) is 2.92. The van der Waals surface area contributed by atoms with Crippen molar-refractivity contribution < 1.29 is 14.2 Å². The Hall–Kier alpha value is -1.32. The molecule has 3 nitrogen and oxygen atoms in total. The summed E-state index contributed by atoms with van der Waals surface area (Å²) in [5, 5.41) is 0. The van der Waals surface area contributed by atoms with Gasteiger partial charge in [-0.25, -0.2) is 0 Å². The maximum atomic E-state index is 5.93. The van der Waals surface area contributed by atoms with Crippen LogP contribution in [0.1, 0.15) is 26.3 Å². The SMILES string of the molecule is CC.COC(OC)[C@]1(C)C=Cc2ccccc2O1. The first-order valence-corrected chi connectivity index (χ1v) is 6.22. The molecule has 1 aromatic carbocycles. The highest BCUT2D eigenvalue weighted by Crippen LogP contribution is 2.33. The number of para-hydroxylation sites is 1. The molecule has 1 aliphatic heterocycles. The third-order valence-electron chi connectivity index (χ3n) is 2.74. The number of benzene rings is 1. The number of fused-ring (bicyclic) bond motifs is 1. The lowest BCUT2D eigenvalue weighted by Gasteiger charge is -2.36. The van der Waals surface area contributed by atoms with E-state index in [2.05, 4.69) is 0 Å². The van der Waals surface area contributed by atoms with Gasteiger partial charge in [0.2, 0.25) is 6.29 Å². The second-order valence-electron chi connectivity index (χ2n) is 3.96. The number of hydrogen-bond donors (Lipinski definition) is 0. The van der Waals surface area contributed by atoms with Crippen molar-refractivity contribution in [2.24, 2.45) is 0 Å². The van der Waals surface area contributed by atoms with E-state index in [1.807, 2.05) is 57.2 Å². The maximum Gasteiger partial charge on any atom is 0.200 e. The summed E-state index contributed by atoms with van der Waals surface area (Å²) in [6.07, 6.45) is 3.58. The minimum atomic E-state index is -0.585. The van der Waals surface area contributed by atoms with E-state index < -0.39 is 11.9 Å². The summed E-state index contributed by atoms with van der Waals surface area (Å²) in [4.78, 5) is 0. The maximum absolute atomic E-state index is 5.93. The Kier molecular flexibility index (Phi) is 5.38. The molecule has 100 valence electrons. The van der Waals surface area contributed by atoms with Crippen LogP contribution >= 0.6 is 0 Å². The van der Waals surface area contributed by atoms with Crippen LogP contribution in [-0.2, 0) is 9.47 Å². The molecule has 1 heterocycles. The first kappa shape index (κ1) is 14.7. The van der Waals surface area contributed by atoms with Gasteiger partial charge in [0.25, 0.3) is 0 Å². The van der Waals surface area contributed by atoms with Gasteiger partial charge in [-0.2, -0.15) is 0 Å². The summed E-state index contributed by atoms with van der Waals surface area (Å²) in [6.45, 7) is 5.94. The normalized spacial score (nSPS) is 20.8. The van der Waals surface area contributed by atoms with Crippen LogP contribution in [0.5, 0.6) is 5.75 Å². The number of methoxy groups -OCH3 is 2. The molecule has 1 aliphatic rings. The van der Waals surface area contributed by atoms with Gasteiger partial charge in [-0.15, -0.1) is 0 Å². The van der Waals surface area contributed by atoms with Crippen molar-refractivity contribution in [1.82, 2.24) is 0 Å². The molecule has 0 aliphatic carbocycles. The highest BCUT2D eigenvalue weighted by Gasteiger charge is 2.37. The molecule has 0 spiro atoms. The van der Waals surface area contributed by atoms with Crippen LogP contribution in [0.2, 0.25) is 0 Å². The molecule has 1 atom stereocenters. The average molecular weight is 250 g/mol. The van der Waals surface area contributed by atoms with Gasteiger partial charge < -0.3 is 14.2 Å². The van der Waals surface area contributed by atoms with Gasteiger partial charge in [0.15, 0.2) is 5.60 Å². The lowest BCUT2D eigenvalue weighted by molar-refractivity contribution is -0.180. The van der Waals surface area contributed by atoms with Crippen LogP contribution in [0.15, 0.2) is 30.3 Å². The van der Waals surface area contributed by atoms with Gasteiger partial charge in [-0.3, -0.25) is 0 Å². The van der Waals surface area contributed by atoms with Gasteiger partial charge in [-0.1, -0.05) is 38.1 Å². The molecule has 0 unspecified atom stereocenters. The van der Waals surface area contributed by atoms with Gasteiger partial charge in [0.05, 0.1) is 0 Å². The van der Waals surface area contributed by atoms with Crippen molar-refractivity contribution in [3.63, 3.8) is 0 Å². The zero-order valence-corrected chi connectivity index (χ0v) is 11.8. The Morgan fingerprint density at radius 1 is 1.11 bits per heavy atom. The van der Waals surface area contributed by atoms with Crippen molar-refractivity contribution in [3.05, 3.63) is 35.9 Å². The van der Waals surface area contributed by atoms with E-state index in [9.17, 15) is 0 Å². The average Bonchev–Trinajstić information content (AvgIpc) is 2.42. The first-order chi connectivity index (χ1) is 8.69. The summed E-state index contributed by atoms with van der Waals surface area (Å²) in [7, 11) is 3.22. The number of rotatable bonds is 3.